The number of aromatic amines is 1. The van der Waals surface area contributed by atoms with Crippen LogP contribution in [0.25, 0.3) is 10.9 Å². The molecule has 0 saturated carbocycles. The predicted octanol–water partition coefficient (Wildman–Crippen LogP) is 6.34. The van der Waals surface area contributed by atoms with Crippen LogP contribution in [-0.2, 0) is 44.5 Å². The standard InChI is InChI=1S/C42H50ClN5O9.2C2H4O/c1-24-6-11-31(12-7-24)56-42(51)47-18-16-32-33-21-28(43)10-15-35(33)46-37(32)38(47)27-8-13-30(14-9-27)54-19-17-29(44)22-48(45)41-40(53-5)34(20-25(2)49)39(55-26(3)50)36(57-41)23-52-4;2*1-2-3/h6-15,21-22,34,36,38-41,46H,16-20,23,44-45H2,1-5H3;2*2H,1H3/b29-22-;;. The second kappa shape index (κ2) is 24.2. The van der Waals surface area contributed by atoms with Crippen molar-refractivity contribution in [1.82, 2.24) is 14.9 Å². The molecule has 0 bridgehead atoms. The molecule has 0 spiro atoms. The third-order valence-corrected chi connectivity index (χ3v) is 10.5. The van der Waals surface area contributed by atoms with Crippen molar-refractivity contribution in [2.24, 2.45) is 17.5 Å². The topological polar surface area (TPSA) is 215 Å². The smallest absolute Gasteiger partial charge is 0.416 e. The van der Waals surface area contributed by atoms with Gasteiger partial charge in [-0.3, -0.25) is 14.7 Å². The van der Waals surface area contributed by atoms with Gasteiger partial charge in [0, 0.05) is 80.0 Å². The molecule has 63 heavy (non-hydrogen) atoms. The molecule has 3 aromatic carbocycles. The van der Waals surface area contributed by atoms with Crippen molar-refractivity contribution < 1.29 is 52.4 Å². The van der Waals surface area contributed by atoms with Crippen LogP contribution in [0.2, 0.25) is 5.02 Å². The van der Waals surface area contributed by atoms with Crippen molar-refractivity contribution in [3.63, 3.8) is 0 Å². The Morgan fingerprint density at radius 1 is 0.968 bits per heavy atom. The Hall–Kier alpha value is -5.78. The van der Waals surface area contributed by atoms with Gasteiger partial charge >= 0.3 is 12.1 Å². The molecule has 4 aromatic rings. The highest BCUT2D eigenvalue weighted by atomic mass is 35.5. The van der Waals surface area contributed by atoms with E-state index >= 15 is 0 Å². The van der Waals surface area contributed by atoms with Gasteiger partial charge in [-0.2, -0.15) is 0 Å². The normalized spacial score (nSPS) is 20.5. The number of nitrogens with two attached hydrogens (primary N) is 2. The van der Waals surface area contributed by atoms with Gasteiger partial charge in [0.2, 0.25) is 0 Å². The van der Waals surface area contributed by atoms with Crippen LogP contribution in [0.15, 0.2) is 78.6 Å². The number of amides is 1. The van der Waals surface area contributed by atoms with Crippen molar-refractivity contribution in [1.29, 1.82) is 0 Å². The number of carbonyl (C=O) groups excluding carboxylic acids is 5. The van der Waals surface area contributed by atoms with Gasteiger partial charge in [-0.1, -0.05) is 41.4 Å². The summed E-state index contributed by atoms with van der Waals surface area (Å²) in [5.74, 6) is 6.38. The number of aryl methyl sites for hydroxylation is 1. The van der Waals surface area contributed by atoms with Crippen LogP contribution < -0.4 is 21.1 Å². The average molecular weight is 892 g/mol. The quantitative estimate of drug-likeness (QED) is 0.0545. The Morgan fingerprint density at radius 2 is 1.62 bits per heavy atom. The highest BCUT2D eigenvalue weighted by Gasteiger charge is 2.49. The first-order valence-electron chi connectivity index (χ1n) is 20.4. The molecule has 2 aliphatic rings. The van der Waals surface area contributed by atoms with Gasteiger partial charge < -0.3 is 53.5 Å². The Labute approximate surface area is 372 Å². The lowest BCUT2D eigenvalue weighted by molar-refractivity contribution is -0.256. The van der Waals surface area contributed by atoms with E-state index in [9.17, 15) is 14.4 Å². The molecule has 1 saturated heterocycles. The van der Waals surface area contributed by atoms with E-state index in [2.05, 4.69) is 4.98 Å². The number of hydrazine groups is 1. The van der Waals surface area contributed by atoms with Gasteiger partial charge in [-0.15, -0.1) is 0 Å². The van der Waals surface area contributed by atoms with Gasteiger partial charge in [0.1, 0.15) is 54.2 Å². The first-order valence-corrected chi connectivity index (χ1v) is 20.8. The van der Waals surface area contributed by atoms with Crippen molar-refractivity contribution >= 4 is 52.9 Å². The zero-order valence-electron chi connectivity index (χ0n) is 36.7. The average Bonchev–Trinajstić information content (AvgIpc) is 3.60. The number of halogens is 1. The third kappa shape index (κ3) is 13.4. The van der Waals surface area contributed by atoms with Gasteiger partial charge in [-0.25, -0.2) is 10.6 Å². The maximum atomic E-state index is 13.7. The number of nitrogens with one attached hydrogen (secondary N) is 1. The summed E-state index contributed by atoms with van der Waals surface area (Å²) in [6.45, 7) is 8.39. The number of ketones is 1. The van der Waals surface area contributed by atoms with Crippen LogP contribution in [-0.4, -0.2) is 104 Å². The molecule has 17 heteroatoms. The third-order valence-electron chi connectivity index (χ3n) is 10.2. The molecule has 340 valence electrons. The number of Topliss-reactive ketones (excluding diaryl/α,β-unsaturated/α-hetero) is 1. The number of aldehydes is 2. The summed E-state index contributed by atoms with van der Waals surface area (Å²) in [6, 6.07) is 20.2. The van der Waals surface area contributed by atoms with Crippen LogP contribution in [0.3, 0.4) is 0 Å². The molecule has 5 N–H and O–H groups in total. The summed E-state index contributed by atoms with van der Waals surface area (Å²) < 4.78 is 34.9. The second-order valence-corrected chi connectivity index (χ2v) is 15.3. The van der Waals surface area contributed by atoms with Crippen molar-refractivity contribution in [2.75, 3.05) is 34.0 Å². The Kier molecular flexibility index (Phi) is 19.1. The summed E-state index contributed by atoms with van der Waals surface area (Å²) in [5, 5.41) is 2.97. The number of rotatable bonds is 14. The number of carbonyl (C=O) groups is 5. The first kappa shape index (κ1) is 49.9. The Balaban J connectivity index is 0.00000137. The minimum atomic E-state index is -0.874. The molecule has 0 aliphatic carbocycles. The van der Waals surface area contributed by atoms with Crippen LogP contribution in [0.1, 0.15) is 69.0 Å². The molecule has 3 heterocycles. The van der Waals surface area contributed by atoms with Crippen LogP contribution in [0, 0.1) is 12.8 Å². The number of hydrogen-bond acceptors (Lipinski definition) is 14. The van der Waals surface area contributed by atoms with E-state index < -0.39 is 48.6 Å². The number of benzene rings is 3. The summed E-state index contributed by atoms with van der Waals surface area (Å²) in [7, 11) is 2.98. The van der Waals surface area contributed by atoms with E-state index in [0.29, 0.717) is 41.6 Å². The number of ether oxygens (including phenoxy) is 6. The van der Waals surface area contributed by atoms with Gasteiger partial charge in [0.05, 0.1) is 13.2 Å². The minimum Gasteiger partial charge on any atom is -0.493 e. The number of H-pyrrole nitrogens is 1. The monoisotopic (exact) mass is 891 g/mol. The molecule has 1 amide bonds. The Morgan fingerprint density at radius 3 is 2.22 bits per heavy atom. The molecule has 1 fully saturated rings. The lowest BCUT2D eigenvalue weighted by atomic mass is 9.84. The molecule has 2 aliphatic heterocycles. The van der Waals surface area contributed by atoms with Crippen molar-refractivity contribution in [2.45, 2.75) is 84.5 Å². The van der Waals surface area contributed by atoms with Crippen LogP contribution in [0.5, 0.6) is 11.5 Å². The molecule has 0 radical (unpaired) electrons. The first-order chi connectivity index (χ1) is 30.2. The predicted molar refractivity (Wildman–Crippen MR) is 237 cm³/mol. The van der Waals surface area contributed by atoms with E-state index in [-0.39, 0.29) is 25.4 Å². The summed E-state index contributed by atoms with van der Waals surface area (Å²) in [6.07, 6.45) is 0.479. The molecular weight excluding hydrogens is 834 g/mol. The highest BCUT2D eigenvalue weighted by Crippen LogP contribution is 2.40. The van der Waals surface area contributed by atoms with Crippen LogP contribution in [0.4, 0.5) is 4.79 Å². The number of hydrogen-bond donors (Lipinski definition) is 3. The second-order valence-electron chi connectivity index (χ2n) is 14.9. The fourth-order valence-electron chi connectivity index (χ4n) is 7.69. The maximum absolute atomic E-state index is 13.7. The molecule has 1 aromatic heterocycles. The summed E-state index contributed by atoms with van der Waals surface area (Å²) in [5.41, 5.74) is 11.7. The molecule has 6 rings (SSSR count). The highest BCUT2D eigenvalue weighted by molar-refractivity contribution is 6.31. The van der Waals surface area contributed by atoms with Gasteiger partial charge in [0.25, 0.3) is 0 Å². The number of esters is 1. The lowest BCUT2D eigenvalue weighted by Gasteiger charge is -2.47. The molecule has 6 unspecified atom stereocenters. The zero-order chi connectivity index (χ0) is 46.2. The molecule has 16 nitrogen and oxygen atoms in total. The largest absolute Gasteiger partial charge is 0.493 e. The molecular formula is C46H58ClN5O11. The minimum absolute atomic E-state index is 0.0737. The number of methoxy groups -OCH3 is 2. The fourth-order valence-corrected chi connectivity index (χ4v) is 7.86. The van der Waals surface area contributed by atoms with E-state index in [1.807, 2.05) is 61.5 Å². The summed E-state index contributed by atoms with van der Waals surface area (Å²) >= 11 is 6.39. The Bertz CT molecular complexity index is 2170. The van der Waals surface area contributed by atoms with Gasteiger partial charge in [-0.05, 0) is 87.7 Å². The molecule has 6 atom stereocenters. The SMILES string of the molecule is CC=O.CC=O.COCC1OC(N(N)/C=C(\N)CCOc2ccc(C3c4[nH]c5ccc(Cl)cc5c4CCN3C(=O)Oc3ccc(C)cc3)cc2)C(OC)C(CC(C)=O)C1OC(C)=O. The number of aromatic nitrogens is 1. The van der Waals surface area contributed by atoms with Crippen molar-refractivity contribution in [3.05, 3.63) is 106 Å². The van der Waals surface area contributed by atoms with E-state index in [0.717, 1.165) is 45.9 Å². The van der Waals surface area contributed by atoms with Crippen molar-refractivity contribution in [3.8, 4) is 11.5 Å². The van der Waals surface area contributed by atoms with E-state index in [4.69, 9.17) is 61.2 Å². The zero-order valence-corrected chi connectivity index (χ0v) is 37.5. The summed E-state index contributed by atoms with van der Waals surface area (Å²) in [4.78, 5) is 60.9. The number of nitrogens with zero attached hydrogens (tertiary/aromatic N) is 2. The fraction of sp³-hybridized carbons (Fsp3) is 0.413. The van der Waals surface area contributed by atoms with E-state index in [1.165, 1.54) is 53.1 Å². The maximum Gasteiger partial charge on any atom is 0.416 e. The van der Waals surface area contributed by atoms with Gasteiger partial charge in [0.15, 0.2) is 6.23 Å². The van der Waals surface area contributed by atoms with Crippen LogP contribution >= 0.6 is 11.6 Å². The lowest BCUT2D eigenvalue weighted by Crippen LogP contribution is -2.63. The van der Waals surface area contributed by atoms with E-state index in [1.54, 1.807) is 17.0 Å². The number of fused-ring (bicyclic) bond motifs is 3.